The molecule has 2 aromatic carbocycles. The van der Waals surface area contributed by atoms with Gasteiger partial charge in [-0.05, 0) is 54.4 Å². The third kappa shape index (κ3) is 5.65. The summed E-state index contributed by atoms with van der Waals surface area (Å²) in [6.45, 7) is -0.142. The highest BCUT2D eigenvalue weighted by Gasteiger charge is 2.08. The van der Waals surface area contributed by atoms with Gasteiger partial charge < -0.3 is 15.4 Å². The lowest BCUT2D eigenvalue weighted by molar-refractivity contribution is -0.124. The van der Waals surface area contributed by atoms with Gasteiger partial charge in [-0.1, -0.05) is 6.07 Å². The predicted octanol–water partition coefficient (Wildman–Crippen LogP) is 2.71. The van der Waals surface area contributed by atoms with Crippen molar-refractivity contribution in [2.45, 2.75) is 12.8 Å². The summed E-state index contributed by atoms with van der Waals surface area (Å²) in [6.07, 6.45) is 4.02. The Balaban J connectivity index is 1.42. The maximum absolute atomic E-state index is 13.7. The van der Waals surface area contributed by atoms with Crippen molar-refractivity contribution < 1.29 is 18.7 Å². The second kappa shape index (κ2) is 9.50. The normalized spacial score (nSPS) is 10.4. The van der Waals surface area contributed by atoms with Crippen molar-refractivity contribution in [1.82, 2.24) is 15.1 Å². The Kier molecular flexibility index (Phi) is 6.57. The van der Waals surface area contributed by atoms with Gasteiger partial charge in [0.05, 0.1) is 19.3 Å². The molecule has 3 rings (SSSR count). The molecule has 7 nitrogen and oxygen atoms in total. The average Bonchev–Trinajstić information content (AvgIpc) is 3.26. The van der Waals surface area contributed by atoms with E-state index in [0.717, 1.165) is 5.69 Å². The molecule has 3 aromatic rings. The van der Waals surface area contributed by atoms with Gasteiger partial charge in [0, 0.05) is 24.5 Å². The number of aryl methyl sites for hydroxylation is 1. The molecule has 2 N–H and O–H groups in total. The number of hydrogen-bond acceptors (Lipinski definition) is 4. The van der Waals surface area contributed by atoms with E-state index in [9.17, 15) is 14.0 Å². The summed E-state index contributed by atoms with van der Waals surface area (Å²) in [5.41, 5.74) is 2.17. The molecule has 1 aromatic heterocycles. The van der Waals surface area contributed by atoms with Crippen LogP contribution in [0.2, 0.25) is 0 Å². The number of aromatic nitrogens is 2. The number of methoxy groups -OCH3 is 1. The van der Waals surface area contributed by atoms with E-state index in [1.54, 1.807) is 29.1 Å². The van der Waals surface area contributed by atoms with Crippen molar-refractivity contribution in [1.29, 1.82) is 0 Å². The molecule has 1 heterocycles. The minimum Gasteiger partial charge on any atom is -0.494 e. The molecule has 0 bridgehead atoms. The zero-order chi connectivity index (χ0) is 20.6. The lowest BCUT2D eigenvalue weighted by atomic mass is 10.1. The number of benzene rings is 2. The van der Waals surface area contributed by atoms with Crippen LogP contribution in [0.5, 0.6) is 5.75 Å². The Morgan fingerprint density at radius 1 is 1.14 bits per heavy atom. The molecule has 0 saturated carbocycles. The lowest BCUT2D eigenvalue weighted by Gasteiger charge is -2.08. The van der Waals surface area contributed by atoms with Crippen molar-refractivity contribution in [2.75, 3.05) is 19.0 Å². The summed E-state index contributed by atoms with van der Waals surface area (Å²) in [6, 6.07) is 13.6. The van der Waals surface area contributed by atoms with Crippen molar-refractivity contribution in [3.63, 3.8) is 0 Å². The highest BCUT2D eigenvalue weighted by molar-refractivity contribution is 5.94. The first-order valence-electron chi connectivity index (χ1n) is 9.04. The number of rotatable bonds is 8. The molecule has 150 valence electrons. The number of anilines is 1. The molecule has 0 saturated heterocycles. The summed E-state index contributed by atoms with van der Waals surface area (Å²) in [7, 11) is 1.39. The highest BCUT2D eigenvalue weighted by atomic mass is 19.1. The van der Waals surface area contributed by atoms with E-state index in [2.05, 4.69) is 15.7 Å². The van der Waals surface area contributed by atoms with Gasteiger partial charge in [0.25, 0.3) is 0 Å². The smallest absolute Gasteiger partial charge is 0.243 e. The topological polar surface area (TPSA) is 85.2 Å². The molecule has 0 spiro atoms. The Bertz CT molecular complexity index is 972. The van der Waals surface area contributed by atoms with Gasteiger partial charge in [-0.2, -0.15) is 5.10 Å². The van der Waals surface area contributed by atoms with Gasteiger partial charge in [0.1, 0.15) is 0 Å². The number of carbonyl (C=O) groups excluding carboxylic acids is 2. The number of carbonyl (C=O) groups is 2. The molecule has 0 atom stereocenters. The molecule has 2 amide bonds. The van der Waals surface area contributed by atoms with E-state index in [1.165, 1.54) is 19.2 Å². The molecule has 0 radical (unpaired) electrons. The van der Waals surface area contributed by atoms with Gasteiger partial charge >= 0.3 is 0 Å². The zero-order valence-electron chi connectivity index (χ0n) is 15.9. The number of nitrogens with one attached hydrogen (secondary N) is 2. The number of halogens is 1. The van der Waals surface area contributed by atoms with E-state index < -0.39 is 5.82 Å². The van der Waals surface area contributed by atoms with Gasteiger partial charge in [-0.25, -0.2) is 9.07 Å². The molecule has 8 heteroatoms. The first-order chi connectivity index (χ1) is 14.0. The summed E-state index contributed by atoms with van der Waals surface area (Å²) in [5.74, 6) is -0.929. The highest BCUT2D eigenvalue weighted by Crippen LogP contribution is 2.18. The second-order valence-electron chi connectivity index (χ2n) is 6.29. The van der Waals surface area contributed by atoms with E-state index in [0.29, 0.717) is 17.7 Å². The third-order valence-corrected chi connectivity index (χ3v) is 4.22. The average molecular weight is 396 g/mol. The Morgan fingerprint density at radius 2 is 1.93 bits per heavy atom. The minimum atomic E-state index is -0.469. The van der Waals surface area contributed by atoms with Crippen LogP contribution in [-0.4, -0.2) is 35.2 Å². The predicted molar refractivity (Wildman–Crippen MR) is 106 cm³/mol. The van der Waals surface area contributed by atoms with Crippen LogP contribution in [0.15, 0.2) is 60.9 Å². The SMILES string of the molecule is COc1ccc(CCC(=O)NCC(=O)Nc2ccc(-n3cccn3)cc2)cc1F. The summed E-state index contributed by atoms with van der Waals surface area (Å²) >= 11 is 0. The number of hydrogen-bond donors (Lipinski definition) is 2. The van der Waals surface area contributed by atoms with Crippen LogP contribution in [0.4, 0.5) is 10.1 Å². The molecule has 0 fully saturated rings. The van der Waals surface area contributed by atoms with Gasteiger partial charge in [0.15, 0.2) is 11.6 Å². The molecular formula is C21H21FN4O3. The standard InChI is InChI=1S/C21H21FN4O3/c1-29-19-9-3-15(13-18(19)22)4-10-20(27)23-14-21(28)25-16-5-7-17(8-6-16)26-12-2-11-24-26/h2-3,5-9,11-13H,4,10,14H2,1H3,(H,23,27)(H,25,28). The maximum Gasteiger partial charge on any atom is 0.243 e. The van der Waals surface area contributed by atoms with E-state index in [1.807, 2.05) is 24.4 Å². The summed E-state index contributed by atoms with van der Waals surface area (Å²) < 4.78 is 20.2. The number of nitrogens with zero attached hydrogens (tertiary/aromatic N) is 2. The van der Waals surface area contributed by atoms with Crippen LogP contribution >= 0.6 is 0 Å². The first-order valence-corrected chi connectivity index (χ1v) is 9.04. The minimum absolute atomic E-state index is 0.142. The zero-order valence-corrected chi connectivity index (χ0v) is 15.9. The number of ether oxygens (including phenoxy) is 1. The van der Waals surface area contributed by atoms with Gasteiger partial charge in [-0.3, -0.25) is 9.59 Å². The molecular weight excluding hydrogens is 375 g/mol. The van der Waals surface area contributed by atoms with Crippen molar-refractivity contribution in [2.24, 2.45) is 0 Å². The van der Waals surface area contributed by atoms with Crippen LogP contribution in [-0.2, 0) is 16.0 Å². The fourth-order valence-electron chi connectivity index (χ4n) is 2.71. The molecule has 0 unspecified atom stereocenters. The third-order valence-electron chi connectivity index (χ3n) is 4.22. The Hall–Kier alpha value is -3.68. The largest absolute Gasteiger partial charge is 0.494 e. The first kappa shape index (κ1) is 20.1. The van der Waals surface area contributed by atoms with Crippen molar-refractivity contribution >= 4 is 17.5 Å². The monoisotopic (exact) mass is 396 g/mol. The molecule has 0 aliphatic rings. The van der Waals surface area contributed by atoms with E-state index in [4.69, 9.17) is 4.74 Å². The van der Waals surface area contributed by atoms with Crippen LogP contribution < -0.4 is 15.4 Å². The van der Waals surface area contributed by atoms with Crippen molar-refractivity contribution in [3.8, 4) is 11.4 Å². The van der Waals surface area contributed by atoms with Gasteiger partial charge in [0.2, 0.25) is 11.8 Å². The molecule has 29 heavy (non-hydrogen) atoms. The number of amides is 2. The van der Waals surface area contributed by atoms with E-state index >= 15 is 0 Å². The second-order valence-corrected chi connectivity index (χ2v) is 6.29. The van der Waals surface area contributed by atoms with Gasteiger partial charge in [-0.15, -0.1) is 0 Å². The summed E-state index contributed by atoms with van der Waals surface area (Å²) in [4.78, 5) is 24.0. The quantitative estimate of drug-likeness (QED) is 0.613. The van der Waals surface area contributed by atoms with Crippen LogP contribution in [0, 0.1) is 5.82 Å². The molecule has 0 aliphatic carbocycles. The maximum atomic E-state index is 13.7. The van der Waals surface area contributed by atoms with Crippen molar-refractivity contribution in [3.05, 3.63) is 72.3 Å². The fourth-order valence-corrected chi connectivity index (χ4v) is 2.71. The Morgan fingerprint density at radius 3 is 2.59 bits per heavy atom. The van der Waals surface area contributed by atoms with Crippen LogP contribution in [0.3, 0.4) is 0 Å². The van der Waals surface area contributed by atoms with Crippen LogP contribution in [0.25, 0.3) is 5.69 Å². The van der Waals surface area contributed by atoms with E-state index in [-0.39, 0.29) is 30.5 Å². The lowest BCUT2D eigenvalue weighted by Crippen LogP contribution is -2.32. The van der Waals surface area contributed by atoms with Crippen LogP contribution in [0.1, 0.15) is 12.0 Å². The Labute approximate surface area is 167 Å². The fraction of sp³-hybridized carbons (Fsp3) is 0.190. The molecule has 0 aliphatic heterocycles. The summed E-state index contributed by atoms with van der Waals surface area (Å²) in [5, 5.41) is 9.41.